The van der Waals surface area contributed by atoms with Crippen LogP contribution in [0.15, 0.2) is 101 Å². The number of alkyl halides is 3. The minimum atomic E-state index is -4.65. The molecule has 0 spiro atoms. The van der Waals surface area contributed by atoms with Gasteiger partial charge in [0.25, 0.3) is 5.91 Å². The summed E-state index contributed by atoms with van der Waals surface area (Å²) in [6.45, 7) is 2.91. The summed E-state index contributed by atoms with van der Waals surface area (Å²) in [5, 5.41) is 21.4. The largest absolute Gasteiger partial charge is 0.479 e. The summed E-state index contributed by atoms with van der Waals surface area (Å²) in [5.74, 6) is -2.86. The topological polar surface area (TPSA) is 91.0 Å². The standard InChI is InChI=1S/C34H28F3NO5/c1-21-10-13-24-6-3-4-9-28(24)30(21)31(39)38(20-27-16-17-29(43-27)34(35,36)37)19-22-11-14-23(15-12-22)25-7-5-8-26(18-25)33(2,42)32(40)41/h3-18,42H,19-20H2,1-2H3,(H,40,41)/t33-/m1/s1. The molecule has 1 amide bonds. The Labute approximate surface area is 245 Å². The van der Waals surface area contributed by atoms with Gasteiger partial charge in [-0.2, -0.15) is 13.2 Å². The molecule has 4 aromatic carbocycles. The Morgan fingerprint density at radius 1 is 0.837 bits per heavy atom. The molecule has 220 valence electrons. The summed E-state index contributed by atoms with van der Waals surface area (Å²) in [6.07, 6.45) is -4.65. The second-order valence-electron chi connectivity index (χ2n) is 10.6. The summed E-state index contributed by atoms with van der Waals surface area (Å²) >= 11 is 0. The summed E-state index contributed by atoms with van der Waals surface area (Å²) in [4.78, 5) is 27.0. The minimum absolute atomic E-state index is 0.00233. The summed E-state index contributed by atoms with van der Waals surface area (Å²) in [7, 11) is 0. The van der Waals surface area contributed by atoms with Gasteiger partial charge < -0.3 is 19.5 Å². The Morgan fingerprint density at radius 2 is 1.56 bits per heavy atom. The highest BCUT2D eigenvalue weighted by Gasteiger charge is 2.35. The second kappa shape index (κ2) is 11.4. The molecule has 0 radical (unpaired) electrons. The number of amides is 1. The third kappa shape index (κ3) is 6.17. The van der Waals surface area contributed by atoms with Gasteiger partial charge in [-0.25, -0.2) is 4.79 Å². The third-order valence-corrected chi connectivity index (χ3v) is 7.43. The van der Waals surface area contributed by atoms with Gasteiger partial charge >= 0.3 is 12.1 Å². The third-order valence-electron chi connectivity index (χ3n) is 7.43. The van der Waals surface area contributed by atoms with Gasteiger partial charge in [0.1, 0.15) is 5.76 Å². The molecule has 0 bridgehead atoms. The molecular formula is C34H28F3NO5. The van der Waals surface area contributed by atoms with Gasteiger partial charge in [0.15, 0.2) is 5.60 Å². The fourth-order valence-corrected chi connectivity index (χ4v) is 4.97. The fraction of sp³-hybridized carbons (Fsp3) is 0.176. The first-order valence-electron chi connectivity index (χ1n) is 13.4. The van der Waals surface area contributed by atoms with Crippen molar-refractivity contribution in [2.75, 3.05) is 0 Å². The van der Waals surface area contributed by atoms with E-state index in [9.17, 15) is 33.0 Å². The predicted octanol–water partition coefficient (Wildman–Crippen LogP) is 7.56. The van der Waals surface area contributed by atoms with E-state index in [1.807, 2.05) is 43.3 Å². The van der Waals surface area contributed by atoms with Gasteiger partial charge in [-0.05, 0) is 70.6 Å². The number of aliphatic carboxylic acids is 1. The van der Waals surface area contributed by atoms with Crippen molar-refractivity contribution in [1.82, 2.24) is 4.90 Å². The molecule has 1 aromatic heterocycles. The predicted molar refractivity (Wildman–Crippen MR) is 155 cm³/mol. The maximum Gasteiger partial charge on any atom is 0.449 e. The maximum absolute atomic E-state index is 14.1. The van der Waals surface area contributed by atoms with E-state index in [0.717, 1.165) is 28.0 Å². The molecule has 5 aromatic rings. The van der Waals surface area contributed by atoms with Crippen molar-refractivity contribution >= 4 is 22.6 Å². The molecule has 43 heavy (non-hydrogen) atoms. The molecule has 5 rings (SSSR count). The maximum atomic E-state index is 14.1. The van der Waals surface area contributed by atoms with Crippen LogP contribution in [0.4, 0.5) is 13.2 Å². The molecule has 0 saturated heterocycles. The lowest BCUT2D eigenvalue weighted by molar-refractivity contribution is -0.157. The van der Waals surface area contributed by atoms with Gasteiger partial charge in [-0.1, -0.05) is 78.9 Å². The zero-order chi connectivity index (χ0) is 30.9. The van der Waals surface area contributed by atoms with E-state index in [1.54, 1.807) is 42.5 Å². The Morgan fingerprint density at radius 3 is 2.23 bits per heavy atom. The highest BCUT2D eigenvalue weighted by atomic mass is 19.4. The number of carboxylic acids is 1. The van der Waals surface area contributed by atoms with Crippen molar-refractivity contribution < 1.29 is 37.4 Å². The molecule has 6 nitrogen and oxygen atoms in total. The lowest BCUT2D eigenvalue weighted by atomic mass is 9.92. The van der Waals surface area contributed by atoms with Crippen LogP contribution in [0.25, 0.3) is 21.9 Å². The number of furan rings is 1. The van der Waals surface area contributed by atoms with Gasteiger partial charge in [-0.15, -0.1) is 0 Å². The van der Waals surface area contributed by atoms with Gasteiger partial charge in [0.2, 0.25) is 5.76 Å². The van der Waals surface area contributed by atoms with Crippen molar-refractivity contribution in [3.63, 3.8) is 0 Å². The number of nitrogens with zero attached hydrogens (tertiary/aromatic N) is 1. The molecule has 0 aliphatic heterocycles. The second-order valence-corrected chi connectivity index (χ2v) is 10.6. The molecule has 0 aliphatic carbocycles. The molecule has 2 N–H and O–H groups in total. The number of carbonyl (C=O) groups is 2. The minimum Gasteiger partial charge on any atom is -0.479 e. The number of hydrogen-bond donors (Lipinski definition) is 2. The van der Waals surface area contributed by atoms with E-state index >= 15 is 0 Å². The molecule has 9 heteroatoms. The van der Waals surface area contributed by atoms with Crippen molar-refractivity contribution in [3.05, 3.63) is 131 Å². The first-order chi connectivity index (χ1) is 20.3. The van der Waals surface area contributed by atoms with Crippen molar-refractivity contribution in [2.45, 2.75) is 38.7 Å². The van der Waals surface area contributed by atoms with Crippen LogP contribution in [0.5, 0.6) is 0 Å². The highest BCUT2D eigenvalue weighted by Crippen LogP contribution is 2.32. The van der Waals surface area contributed by atoms with E-state index in [0.29, 0.717) is 16.7 Å². The molecule has 0 unspecified atom stereocenters. The van der Waals surface area contributed by atoms with Crippen molar-refractivity contribution in [2.24, 2.45) is 0 Å². The molecule has 1 atom stereocenters. The van der Waals surface area contributed by atoms with E-state index in [4.69, 9.17) is 4.42 Å². The number of hydrogen-bond acceptors (Lipinski definition) is 4. The first kappa shape index (κ1) is 29.6. The Hall–Kier alpha value is -4.89. The van der Waals surface area contributed by atoms with Crippen LogP contribution in [-0.4, -0.2) is 27.0 Å². The normalized spacial score (nSPS) is 13.1. The SMILES string of the molecule is Cc1ccc2ccccc2c1C(=O)N(Cc1ccc(-c2cccc([C@@](C)(O)C(=O)O)c2)cc1)Cc1ccc(C(F)(F)F)o1. The molecule has 0 saturated carbocycles. The van der Waals surface area contributed by atoms with Crippen LogP contribution in [0.1, 0.15) is 45.5 Å². The number of rotatable bonds is 8. The number of aliphatic hydroxyl groups is 1. The van der Waals surface area contributed by atoms with Crippen molar-refractivity contribution in [1.29, 1.82) is 0 Å². The monoisotopic (exact) mass is 587 g/mol. The molecular weight excluding hydrogens is 559 g/mol. The highest BCUT2D eigenvalue weighted by molar-refractivity contribution is 6.08. The van der Waals surface area contributed by atoms with Gasteiger partial charge in [-0.3, -0.25) is 4.79 Å². The van der Waals surface area contributed by atoms with Crippen LogP contribution in [0, 0.1) is 6.92 Å². The molecule has 0 fully saturated rings. The van der Waals surface area contributed by atoms with E-state index in [2.05, 4.69) is 0 Å². The zero-order valence-electron chi connectivity index (χ0n) is 23.4. The fourth-order valence-electron chi connectivity index (χ4n) is 4.97. The van der Waals surface area contributed by atoms with Crippen LogP contribution in [0.3, 0.4) is 0 Å². The number of carboxylic acid groups (broad SMARTS) is 1. The lowest BCUT2D eigenvalue weighted by Crippen LogP contribution is -2.31. The van der Waals surface area contributed by atoms with E-state index in [1.165, 1.54) is 24.0 Å². The zero-order valence-corrected chi connectivity index (χ0v) is 23.4. The summed E-state index contributed by atoms with van der Waals surface area (Å²) in [5.41, 5.74) is 1.49. The molecule has 1 heterocycles. The average Bonchev–Trinajstić information content (AvgIpc) is 3.46. The Kier molecular flexibility index (Phi) is 7.86. The number of carbonyl (C=O) groups excluding carboxylic acids is 1. The molecule has 0 aliphatic rings. The number of fused-ring (bicyclic) bond motifs is 1. The van der Waals surface area contributed by atoms with E-state index in [-0.39, 0.29) is 30.3 Å². The van der Waals surface area contributed by atoms with Crippen LogP contribution in [0.2, 0.25) is 0 Å². The van der Waals surface area contributed by atoms with Crippen LogP contribution in [-0.2, 0) is 29.7 Å². The van der Waals surface area contributed by atoms with Crippen molar-refractivity contribution in [3.8, 4) is 11.1 Å². The number of halogens is 3. The van der Waals surface area contributed by atoms with Crippen LogP contribution < -0.4 is 0 Å². The van der Waals surface area contributed by atoms with Gasteiger partial charge in [0, 0.05) is 6.54 Å². The smallest absolute Gasteiger partial charge is 0.449 e. The average molecular weight is 588 g/mol. The number of benzene rings is 4. The number of aryl methyl sites for hydroxylation is 1. The lowest BCUT2D eigenvalue weighted by Gasteiger charge is -2.24. The summed E-state index contributed by atoms with van der Waals surface area (Å²) < 4.78 is 44.8. The quantitative estimate of drug-likeness (QED) is 0.196. The van der Waals surface area contributed by atoms with E-state index < -0.39 is 23.5 Å². The Balaban J connectivity index is 1.48. The van der Waals surface area contributed by atoms with Crippen LogP contribution >= 0.6 is 0 Å². The Bertz CT molecular complexity index is 1810. The first-order valence-corrected chi connectivity index (χ1v) is 13.4. The van der Waals surface area contributed by atoms with Gasteiger partial charge in [0.05, 0.1) is 12.1 Å². The summed E-state index contributed by atoms with van der Waals surface area (Å²) in [6, 6.07) is 27.0.